The number of carbonyl (C=O) groups excluding carboxylic acids is 1. The van der Waals surface area contributed by atoms with E-state index in [0.717, 1.165) is 0 Å². The maximum absolute atomic E-state index is 11.0. The maximum Gasteiger partial charge on any atom is 0.321 e. The van der Waals surface area contributed by atoms with Gasteiger partial charge in [0.15, 0.2) is 0 Å². The summed E-state index contributed by atoms with van der Waals surface area (Å²) in [6, 6.07) is 0. The van der Waals surface area contributed by atoms with Crippen LogP contribution in [0, 0.1) is 0 Å². The van der Waals surface area contributed by atoms with Gasteiger partial charge in [0.2, 0.25) is 5.91 Å². The smallest absolute Gasteiger partial charge is 0.321 e. The Morgan fingerprint density at radius 1 is 1.71 bits per heavy atom. The van der Waals surface area contributed by atoms with Gasteiger partial charge in [-0.3, -0.25) is 4.79 Å². The average molecular weight is 259 g/mol. The Morgan fingerprint density at radius 2 is 2.29 bits per heavy atom. The molecule has 0 saturated heterocycles. The number of hydrogen-bond donors (Lipinski definition) is 3. The summed E-state index contributed by atoms with van der Waals surface area (Å²) in [5.74, 6) is 0.427. The van der Waals surface area contributed by atoms with Crippen molar-refractivity contribution < 1.29 is 19.1 Å². The maximum atomic E-state index is 11.0. The Labute approximate surface area is 92.5 Å². The highest BCUT2D eigenvalue weighted by Crippen LogP contribution is 2.36. The van der Waals surface area contributed by atoms with Gasteiger partial charge in [0.25, 0.3) is 0 Å². The fraction of sp³-hybridized carbons (Fsp3) is 0.833. The van der Waals surface area contributed by atoms with Crippen LogP contribution in [0.4, 0.5) is 0 Å². The summed E-state index contributed by atoms with van der Waals surface area (Å²) in [5.41, 5.74) is 0. The van der Waals surface area contributed by atoms with Gasteiger partial charge in [-0.2, -0.15) is 0 Å². The first kappa shape index (κ1) is 14.3. The highest BCUT2D eigenvalue weighted by Gasteiger charge is 2.12. The fourth-order valence-electron chi connectivity index (χ4n) is 0.660. The lowest BCUT2D eigenvalue weighted by Gasteiger charge is -2.11. The second kappa shape index (κ2) is 6.76. The lowest BCUT2D eigenvalue weighted by molar-refractivity contribution is -0.119. The largest absolute Gasteiger partial charge is 0.358 e. The van der Waals surface area contributed by atoms with Crippen molar-refractivity contribution in [1.82, 2.24) is 5.32 Å². The number of thioether (sulfide) groups is 1. The first-order valence-electron chi connectivity index (χ1n) is 3.90. The summed E-state index contributed by atoms with van der Waals surface area (Å²) >= 11 is 5.61. The molecule has 0 aromatic rings. The zero-order valence-electron chi connectivity index (χ0n) is 7.97. The lowest BCUT2D eigenvalue weighted by atomic mass is 10.4. The van der Waals surface area contributed by atoms with Gasteiger partial charge in [-0.15, -0.1) is 11.8 Å². The molecule has 0 aromatic carbocycles. The molecule has 84 valence electrons. The molecule has 0 aromatic heterocycles. The highest BCUT2D eigenvalue weighted by atomic mass is 32.5. The molecule has 8 heteroatoms. The van der Waals surface area contributed by atoms with E-state index in [1.165, 1.54) is 11.8 Å². The van der Waals surface area contributed by atoms with E-state index in [1.54, 1.807) is 14.0 Å². The van der Waals surface area contributed by atoms with Gasteiger partial charge in [0.1, 0.15) is 0 Å². The van der Waals surface area contributed by atoms with Gasteiger partial charge >= 0.3 is 6.72 Å². The van der Waals surface area contributed by atoms with E-state index >= 15 is 0 Å². The van der Waals surface area contributed by atoms with Crippen LogP contribution in [-0.2, 0) is 21.1 Å². The summed E-state index contributed by atoms with van der Waals surface area (Å²) in [5, 5.41) is 2.33. The third kappa shape index (κ3) is 7.73. The molecule has 0 aliphatic rings. The Bertz CT molecular complexity index is 232. The summed E-state index contributed by atoms with van der Waals surface area (Å²) < 4.78 is 4.58. The van der Waals surface area contributed by atoms with Crippen LogP contribution < -0.4 is 5.32 Å². The summed E-state index contributed by atoms with van der Waals surface area (Å²) in [4.78, 5) is 28.4. The first-order chi connectivity index (χ1) is 6.37. The topological polar surface area (TPSA) is 78.8 Å². The molecular weight excluding hydrogens is 245 g/mol. The van der Waals surface area contributed by atoms with Crippen LogP contribution in [0.5, 0.6) is 0 Å². The van der Waals surface area contributed by atoms with E-state index < -0.39 is 6.72 Å². The van der Waals surface area contributed by atoms with Gasteiger partial charge < -0.3 is 19.6 Å². The zero-order chi connectivity index (χ0) is 11.2. The van der Waals surface area contributed by atoms with Crippen LogP contribution in [0.25, 0.3) is 0 Å². The number of amides is 1. The number of rotatable bonds is 6. The standard InChI is InChI=1S/C6H14NO4PS2/c1-5(6(8)7-2)14-4-3-11-12(9,10)13/h5H,3-4H2,1-2H3,(H,7,8)(H2,9,10,13). The SMILES string of the molecule is CNC(=O)C(C)SCCOP(O)(O)=S. The van der Waals surface area contributed by atoms with E-state index in [0.29, 0.717) is 5.75 Å². The Morgan fingerprint density at radius 3 is 2.71 bits per heavy atom. The van der Waals surface area contributed by atoms with Crippen LogP contribution in [-0.4, -0.2) is 40.4 Å². The molecule has 1 amide bonds. The number of nitrogens with one attached hydrogen (secondary N) is 1. The van der Waals surface area contributed by atoms with Gasteiger partial charge in [-0.25, -0.2) is 0 Å². The minimum atomic E-state index is -3.54. The van der Waals surface area contributed by atoms with Crippen molar-refractivity contribution >= 4 is 36.2 Å². The van der Waals surface area contributed by atoms with Gasteiger partial charge in [0.05, 0.1) is 11.9 Å². The van der Waals surface area contributed by atoms with Gasteiger partial charge in [0, 0.05) is 12.8 Å². The van der Waals surface area contributed by atoms with Crippen LogP contribution >= 0.6 is 18.5 Å². The third-order valence-corrected chi connectivity index (χ3v) is 3.28. The Kier molecular flexibility index (Phi) is 6.93. The number of hydrogen-bond acceptors (Lipinski definition) is 4. The zero-order valence-corrected chi connectivity index (χ0v) is 10.5. The molecule has 0 radical (unpaired) electrons. The minimum Gasteiger partial charge on any atom is -0.358 e. The molecule has 5 nitrogen and oxygen atoms in total. The van der Waals surface area contributed by atoms with Crippen molar-refractivity contribution in [3.05, 3.63) is 0 Å². The van der Waals surface area contributed by atoms with E-state index in [4.69, 9.17) is 9.79 Å². The van der Waals surface area contributed by atoms with E-state index in [2.05, 4.69) is 21.6 Å². The normalized spacial score (nSPS) is 13.7. The van der Waals surface area contributed by atoms with Crippen molar-refractivity contribution in [1.29, 1.82) is 0 Å². The van der Waals surface area contributed by atoms with E-state index in [1.807, 2.05) is 0 Å². The molecule has 1 atom stereocenters. The molecule has 0 spiro atoms. The van der Waals surface area contributed by atoms with Crippen LogP contribution in [0.3, 0.4) is 0 Å². The third-order valence-electron chi connectivity index (χ3n) is 1.33. The van der Waals surface area contributed by atoms with Crippen molar-refractivity contribution in [2.75, 3.05) is 19.4 Å². The lowest BCUT2D eigenvalue weighted by Crippen LogP contribution is -2.27. The molecule has 0 rings (SSSR count). The average Bonchev–Trinajstić information content (AvgIpc) is 2.09. The molecule has 14 heavy (non-hydrogen) atoms. The molecule has 1 unspecified atom stereocenters. The van der Waals surface area contributed by atoms with Crippen molar-refractivity contribution in [3.63, 3.8) is 0 Å². The molecule has 0 heterocycles. The van der Waals surface area contributed by atoms with Gasteiger partial charge in [-0.05, 0) is 18.7 Å². The predicted molar refractivity (Wildman–Crippen MR) is 60.7 cm³/mol. The molecule has 0 bridgehead atoms. The Hall–Kier alpha value is 0.350. The summed E-state index contributed by atoms with van der Waals surface area (Å²) in [7, 11) is 1.57. The number of carbonyl (C=O) groups is 1. The molecule has 0 saturated carbocycles. The molecule has 0 aliphatic heterocycles. The monoisotopic (exact) mass is 259 g/mol. The van der Waals surface area contributed by atoms with Crippen molar-refractivity contribution in [3.8, 4) is 0 Å². The quantitative estimate of drug-likeness (QED) is 0.463. The Balaban J connectivity index is 3.55. The van der Waals surface area contributed by atoms with E-state index in [-0.39, 0.29) is 17.8 Å². The van der Waals surface area contributed by atoms with Crippen LogP contribution in [0.15, 0.2) is 0 Å². The second-order valence-corrected chi connectivity index (χ2v) is 6.57. The molecule has 0 fully saturated rings. The van der Waals surface area contributed by atoms with Crippen LogP contribution in [0.1, 0.15) is 6.92 Å². The molecule has 0 aliphatic carbocycles. The van der Waals surface area contributed by atoms with Gasteiger partial charge in [-0.1, -0.05) is 0 Å². The predicted octanol–water partition coefficient (Wildman–Crippen LogP) is 0.0798. The molecule has 3 N–H and O–H groups in total. The van der Waals surface area contributed by atoms with Crippen LogP contribution in [0.2, 0.25) is 0 Å². The summed E-state index contributed by atoms with van der Waals surface area (Å²) in [6.07, 6.45) is 0. The fourth-order valence-corrected chi connectivity index (χ4v) is 2.14. The summed E-state index contributed by atoms with van der Waals surface area (Å²) in [6.45, 7) is -1.64. The van der Waals surface area contributed by atoms with Crippen molar-refractivity contribution in [2.45, 2.75) is 12.2 Å². The van der Waals surface area contributed by atoms with Crippen molar-refractivity contribution in [2.24, 2.45) is 0 Å². The highest BCUT2D eigenvalue weighted by molar-refractivity contribution is 8.06. The molecular formula is C6H14NO4PS2. The van der Waals surface area contributed by atoms with E-state index in [9.17, 15) is 4.79 Å². The second-order valence-electron chi connectivity index (χ2n) is 2.45. The minimum absolute atomic E-state index is 0.0672. The first-order valence-corrected chi connectivity index (χ1v) is 7.57.